The summed E-state index contributed by atoms with van der Waals surface area (Å²) in [5, 5.41) is 1.08. The molecule has 0 aliphatic heterocycles. The van der Waals surface area contributed by atoms with Crippen molar-refractivity contribution < 1.29 is 0 Å². The van der Waals surface area contributed by atoms with Gasteiger partial charge in [-0.2, -0.15) is 0 Å². The standard InChI is InChI=1S/C6H10N2S/c1-5-4-8(2)6(7-5)9-3/h4H,1-3H3. The Balaban J connectivity index is 3.01. The molecule has 2 nitrogen and oxygen atoms in total. The fourth-order valence-corrected chi connectivity index (χ4v) is 1.36. The van der Waals surface area contributed by atoms with Crippen LogP contribution in [0.2, 0.25) is 0 Å². The first-order valence-corrected chi connectivity index (χ1v) is 4.00. The average molecular weight is 142 g/mol. The normalized spacial score (nSPS) is 10.1. The third kappa shape index (κ3) is 1.27. The number of hydrogen-bond donors (Lipinski definition) is 0. The van der Waals surface area contributed by atoms with Crippen molar-refractivity contribution in [3.8, 4) is 0 Å². The summed E-state index contributed by atoms with van der Waals surface area (Å²) in [4.78, 5) is 4.25. The molecule has 0 spiro atoms. The molecular formula is C6H10N2S. The van der Waals surface area contributed by atoms with Crippen LogP contribution < -0.4 is 0 Å². The maximum absolute atomic E-state index is 4.25. The topological polar surface area (TPSA) is 17.8 Å². The van der Waals surface area contributed by atoms with Crippen LogP contribution in [0.5, 0.6) is 0 Å². The first kappa shape index (κ1) is 6.68. The number of nitrogens with zero attached hydrogens (tertiary/aromatic N) is 2. The van der Waals surface area contributed by atoms with Crippen molar-refractivity contribution in [3.05, 3.63) is 11.9 Å². The van der Waals surface area contributed by atoms with Crippen LogP contribution in [0, 0.1) is 6.92 Å². The Morgan fingerprint density at radius 2 is 2.33 bits per heavy atom. The summed E-state index contributed by atoms with van der Waals surface area (Å²) < 4.78 is 2.03. The second-order valence-electron chi connectivity index (χ2n) is 1.98. The highest BCUT2D eigenvalue weighted by atomic mass is 32.2. The number of aryl methyl sites for hydroxylation is 2. The van der Waals surface area contributed by atoms with Gasteiger partial charge in [-0.1, -0.05) is 11.8 Å². The van der Waals surface area contributed by atoms with Gasteiger partial charge < -0.3 is 4.57 Å². The zero-order valence-electron chi connectivity index (χ0n) is 5.88. The van der Waals surface area contributed by atoms with Gasteiger partial charge in [0.1, 0.15) is 0 Å². The minimum absolute atomic E-state index is 1.08. The number of aromatic nitrogens is 2. The molecule has 0 atom stereocenters. The molecule has 1 aromatic rings. The largest absolute Gasteiger partial charge is 0.329 e. The van der Waals surface area contributed by atoms with Gasteiger partial charge in [0.25, 0.3) is 0 Å². The Morgan fingerprint density at radius 3 is 2.56 bits per heavy atom. The molecule has 0 amide bonds. The van der Waals surface area contributed by atoms with Gasteiger partial charge >= 0.3 is 0 Å². The maximum Gasteiger partial charge on any atom is 0.167 e. The molecule has 0 N–H and O–H groups in total. The number of rotatable bonds is 1. The van der Waals surface area contributed by atoms with E-state index in [1.165, 1.54) is 0 Å². The van der Waals surface area contributed by atoms with Crippen molar-refractivity contribution >= 4 is 11.8 Å². The lowest BCUT2D eigenvalue weighted by atomic mass is 10.6. The van der Waals surface area contributed by atoms with E-state index in [1.807, 2.05) is 31.0 Å². The number of thioether (sulfide) groups is 1. The van der Waals surface area contributed by atoms with Gasteiger partial charge in [-0.3, -0.25) is 0 Å². The summed E-state index contributed by atoms with van der Waals surface area (Å²) in [7, 11) is 2.01. The van der Waals surface area contributed by atoms with E-state index in [0.29, 0.717) is 0 Å². The van der Waals surface area contributed by atoms with Crippen molar-refractivity contribution in [1.82, 2.24) is 9.55 Å². The fraction of sp³-hybridized carbons (Fsp3) is 0.500. The monoisotopic (exact) mass is 142 g/mol. The van der Waals surface area contributed by atoms with Crippen LogP contribution in [0.1, 0.15) is 5.69 Å². The minimum atomic E-state index is 1.08. The molecule has 9 heavy (non-hydrogen) atoms. The van der Waals surface area contributed by atoms with Crippen LogP contribution in [0.15, 0.2) is 11.4 Å². The number of hydrogen-bond acceptors (Lipinski definition) is 2. The van der Waals surface area contributed by atoms with Gasteiger partial charge in [0.2, 0.25) is 0 Å². The lowest BCUT2D eigenvalue weighted by molar-refractivity contribution is 0.791. The van der Waals surface area contributed by atoms with Crippen molar-refractivity contribution in [3.63, 3.8) is 0 Å². The van der Waals surface area contributed by atoms with Gasteiger partial charge in [-0.15, -0.1) is 0 Å². The van der Waals surface area contributed by atoms with Crippen LogP contribution in [0.3, 0.4) is 0 Å². The van der Waals surface area contributed by atoms with Crippen molar-refractivity contribution in [2.45, 2.75) is 12.1 Å². The predicted octanol–water partition coefficient (Wildman–Crippen LogP) is 1.45. The highest BCUT2D eigenvalue weighted by Crippen LogP contribution is 2.11. The molecule has 0 aromatic carbocycles. The molecule has 0 aliphatic carbocycles. The summed E-state index contributed by atoms with van der Waals surface area (Å²) in [5.41, 5.74) is 1.09. The van der Waals surface area contributed by atoms with Crippen LogP contribution >= 0.6 is 11.8 Å². The molecule has 1 aromatic heterocycles. The van der Waals surface area contributed by atoms with E-state index in [4.69, 9.17) is 0 Å². The lowest BCUT2D eigenvalue weighted by Gasteiger charge is -1.91. The molecule has 1 rings (SSSR count). The van der Waals surface area contributed by atoms with E-state index < -0.39 is 0 Å². The molecule has 0 saturated heterocycles. The first-order valence-electron chi connectivity index (χ1n) is 2.78. The second-order valence-corrected chi connectivity index (χ2v) is 2.75. The summed E-state index contributed by atoms with van der Waals surface area (Å²) in [6.45, 7) is 2.00. The minimum Gasteiger partial charge on any atom is -0.329 e. The molecule has 3 heteroatoms. The zero-order chi connectivity index (χ0) is 6.85. The van der Waals surface area contributed by atoms with Gasteiger partial charge in [-0.25, -0.2) is 4.98 Å². The van der Waals surface area contributed by atoms with Gasteiger partial charge in [0.15, 0.2) is 5.16 Å². The molecular weight excluding hydrogens is 132 g/mol. The van der Waals surface area contributed by atoms with E-state index in [0.717, 1.165) is 10.9 Å². The maximum atomic E-state index is 4.25. The zero-order valence-corrected chi connectivity index (χ0v) is 6.70. The SMILES string of the molecule is CSc1nc(C)cn1C. The molecule has 0 unspecified atom stereocenters. The van der Waals surface area contributed by atoms with Crippen LogP contribution in [-0.4, -0.2) is 15.8 Å². The van der Waals surface area contributed by atoms with Crippen molar-refractivity contribution in [1.29, 1.82) is 0 Å². The molecule has 0 aliphatic rings. The van der Waals surface area contributed by atoms with Crippen LogP contribution in [-0.2, 0) is 7.05 Å². The second kappa shape index (κ2) is 2.43. The van der Waals surface area contributed by atoms with Crippen LogP contribution in [0.25, 0.3) is 0 Å². The Kier molecular flexibility index (Phi) is 1.81. The Hall–Kier alpha value is -0.440. The molecule has 50 valence electrons. The molecule has 0 saturated carbocycles. The predicted molar refractivity (Wildman–Crippen MR) is 39.7 cm³/mol. The van der Waals surface area contributed by atoms with Gasteiger partial charge in [0, 0.05) is 13.2 Å². The van der Waals surface area contributed by atoms with Crippen LogP contribution in [0.4, 0.5) is 0 Å². The van der Waals surface area contributed by atoms with Crippen molar-refractivity contribution in [2.24, 2.45) is 7.05 Å². The first-order chi connectivity index (χ1) is 4.24. The highest BCUT2D eigenvalue weighted by Gasteiger charge is 1.97. The summed E-state index contributed by atoms with van der Waals surface area (Å²) in [6, 6.07) is 0. The third-order valence-electron chi connectivity index (χ3n) is 1.14. The smallest absolute Gasteiger partial charge is 0.167 e. The van der Waals surface area contributed by atoms with E-state index in [2.05, 4.69) is 4.98 Å². The highest BCUT2D eigenvalue weighted by molar-refractivity contribution is 7.98. The lowest BCUT2D eigenvalue weighted by Crippen LogP contribution is -1.85. The summed E-state index contributed by atoms with van der Waals surface area (Å²) >= 11 is 1.67. The van der Waals surface area contributed by atoms with Gasteiger partial charge in [0.05, 0.1) is 5.69 Å². The molecule has 0 bridgehead atoms. The van der Waals surface area contributed by atoms with E-state index in [9.17, 15) is 0 Å². The van der Waals surface area contributed by atoms with Gasteiger partial charge in [-0.05, 0) is 13.2 Å². The van der Waals surface area contributed by atoms with Crippen molar-refractivity contribution in [2.75, 3.05) is 6.26 Å². The quantitative estimate of drug-likeness (QED) is 0.552. The molecule has 1 heterocycles. The summed E-state index contributed by atoms with van der Waals surface area (Å²) in [6.07, 6.45) is 4.05. The Bertz CT molecular complexity index is 205. The number of imidazole rings is 1. The Morgan fingerprint density at radius 1 is 1.67 bits per heavy atom. The van der Waals surface area contributed by atoms with E-state index in [1.54, 1.807) is 11.8 Å². The average Bonchev–Trinajstić information content (AvgIpc) is 2.10. The molecule has 0 radical (unpaired) electrons. The summed E-state index contributed by atoms with van der Waals surface area (Å²) in [5.74, 6) is 0. The van der Waals surface area contributed by atoms with E-state index >= 15 is 0 Å². The third-order valence-corrected chi connectivity index (χ3v) is 1.88. The molecule has 0 fully saturated rings. The fourth-order valence-electron chi connectivity index (χ4n) is 0.784. The Labute approximate surface area is 59.3 Å². The van der Waals surface area contributed by atoms with E-state index in [-0.39, 0.29) is 0 Å².